The zero-order valence-corrected chi connectivity index (χ0v) is 7.69. The molecule has 0 unspecified atom stereocenters. The predicted molar refractivity (Wildman–Crippen MR) is 45.1 cm³/mol. The number of rotatable bonds is 3. The monoisotopic (exact) mass is 182 g/mol. The number of aromatic nitrogens is 1. The summed E-state index contributed by atoms with van der Waals surface area (Å²) in [6.45, 7) is -0.0328. The number of esters is 1. The van der Waals surface area contributed by atoms with Gasteiger partial charge in [-0.2, -0.15) is 4.57 Å². The first-order valence-corrected chi connectivity index (χ1v) is 3.88. The second kappa shape index (κ2) is 4.57. The summed E-state index contributed by atoms with van der Waals surface area (Å²) in [7, 11) is 3.25. The molecule has 0 aliphatic carbocycles. The molecular weight excluding hydrogens is 170 g/mol. The van der Waals surface area contributed by atoms with Crippen LogP contribution in [0.15, 0.2) is 24.4 Å². The molecule has 4 heteroatoms. The molecule has 1 aromatic heterocycles. The van der Waals surface area contributed by atoms with Gasteiger partial charge in [0.2, 0.25) is 0 Å². The van der Waals surface area contributed by atoms with Crippen LogP contribution in [0, 0.1) is 0 Å². The number of hydrogen-bond donors (Lipinski definition) is 0. The molecule has 0 bridgehead atoms. The molecule has 0 fully saturated rings. The number of hydrogen-bond acceptors (Lipinski definition) is 3. The minimum absolute atomic E-state index is 0.0328. The average Bonchev–Trinajstić information content (AvgIpc) is 2.09. The van der Waals surface area contributed by atoms with Gasteiger partial charge in [0.05, 0.1) is 6.07 Å². The summed E-state index contributed by atoms with van der Waals surface area (Å²) in [5.74, 6) is 0.105. The van der Waals surface area contributed by atoms with Gasteiger partial charge in [0.25, 0.3) is 0 Å². The van der Waals surface area contributed by atoms with Crippen molar-refractivity contribution in [2.75, 3.05) is 13.7 Å². The summed E-state index contributed by atoms with van der Waals surface area (Å²) >= 11 is 0. The third kappa shape index (κ3) is 2.83. The fraction of sp³-hybridized carbons (Fsp3) is 0.333. The highest BCUT2D eigenvalue weighted by molar-refractivity contribution is 5.72. The summed E-state index contributed by atoms with van der Waals surface area (Å²) in [6, 6.07) is 5.37. The first kappa shape index (κ1) is 9.67. The Kier molecular flexibility index (Phi) is 3.40. The molecule has 0 N–H and O–H groups in total. The maximum Gasteiger partial charge on any atom is 0.375 e. The molecule has 1 heterocycles. The Balaban J connectivity index is 2.63. The van der Waals surface area contributed by atoms with Gasteiger partial charge in [0.1, 0.15) is 13.7 Å². The smallest absolute Gasteiger partial charge is 0.373 e. The minimum Gasteiger partial charge on any atom is -0.373 e. The molecule has 0 aliphatic rings. The third-order valence-corrected chi connectivity index (χ3v) is 1.49. The van der Waals surface area contributed by atoms with Crippen molar-refractivity contribution in [3.05, 3.63) is 24.4 Å². The maximum atomic E-state index is 11.0. The molecule has 0 spiro atoms. The van der Waals surface area contributed by atoms with Crippen molar-refractivity contribution in [3.63, 3.8) is 0 Å². The third-order valence-electron chi connectivity index (χ3n) is 1.49. The quantitative estimate of drug-likeness (QED) is 0.490. The van der Waals surface area contributed by atoms with Crippen LogP contribution in [0.3, 0.4) is 0 Å². The molecule has 0 radical (unpaired) electrons. The molecule has 0 amide bonds. The molecule has 0 saturated heterocycles. The highest BCUT2D eigenvalue weighted by atomic mass is 16.6. The number of aryl methyl sites for hydroxylation is 1. The number of ether oxygens (including phenoxy) is 2. The van der Waals surface area contributed by atoms with E-state index in [1.165, 1.54) is 7.11 Å². The van der Waals surface area contributed by atoms with Crippen molar-refractivity contribution < 1.29 is 18.8 Å². The molecular formula is C9H12NO3+. The Hall–Kier alpha value is -1.42. The van der Waals surface area contributed by atoms with E-state index in [1.807, 2.05) is 6.07 Å². The van der Waals surface area contributed by atoms with Crippen molar-refractivity contribution in [1.82, 2.24) is 0 Å². The van der Waals surface area contributed by atoms with Crippen LogP contribution in [0.5, 0.6) is 5.88 Å². The van der Waals surface area contributed by atoms with Crippen LogP contribution in [0.1, 0.15) is 0 Å². The highest BCUT2D eigenvalue weighted by Gasteiger charge is 2.10. The standard InChI is InChI=1S/C9H12NO3/c1-10-6-4-3-5-8(10)13-9(11)7-12-2/h3-6H,7H2,1-2H3/q+1. The van der Waals surface area contributed by atoms with E-state index in [4.69, 9.17) is 4.74 Å². The Morgan fingerprint density at radius 3 is 2.92 bits per heavy atom. The second-order valence-electron chi connectivity index (χ2n) is 2.56. The fourth-order valence-corrected chi connectivity index (χ4v) is 0.878. The van der Waals surface area contributed by atoms with Crippen molar-refractivity contribution >= 4 is 5.97 Å². The SMILES string of the molecule is COCC(=O)Oc1cccc[n+]1C. The molecule has 0 saturated carbocycles. The molecule has 1 rings (SSSR count). The van der Waals surface area contributed by atoms with Crippen LogP contribution in [0.25, 0.3) is 0 Å². The van der Waals surface area contributed by atoms with E-state index in [9.17, 15) is 4.79 Å². The lowest BCUT2D eigenvalue weighted by Crippen LogP contribution is -2.32. The van der Waals surface area contributed by atoms with Crippen LogP contribution >= 0.6 is 0 Å². The van der Waals surface area contributed by atoms with Crippen LogP contribution < -0.4 is 9.30 Å². The van der Waals surface area contributed by atoms with Crippen LogP contribution in [-0.4, -0.2) is 19.7 Å². The number of pyridine rings is 1. The van der Waals surface area contributed by atoms with Crippen molar-refractivity contribution in [3.8, 4) is 5.88 Å². The normalized spacial score (nSPS) is 9.69. The molecule has 13 heavy (non-hydrogen) atoms. The lowest BCUT2D eigenvalue weighted by molar-refractivity contribution is -0.675. The molecule has 0 aliphatic heterocycles. The summed E-state index contributed by atoms with van der Waals surface area (Å²) in [5.41, 5.74) is 0. The largest absolute Gasteiger partial charge is 0.375 e. The van der Waals surface area contributed by atoms with E-state index in [2.05, 4.69) is 4.74 Å². The average molecular weight is 182 g/mol. The summed E-state index contributed by atoms with van der Waals surface area (Å²) in [5, 5.41) is 0. The molecule has 70 valence electrons. The van der Waals surface area contributed by atoms with Crippen LogP contribution in [0.2, 0.25) is 0 Å². The van der Waals surface area contributed by atoms with Gasteiger partial charge in [-0.25, -0.2) is 4.79 Å². The Morgan fingerprint density at radius 1 is 1.54 bits per heavy atom. The van der Waals surface area contributed by atoms with E-state index < -0.39 is 5.97 Å². The molecule has 1 aromatic rings. The number of methoxy groups -OCH3 is 1. The molecule has 0 atom stereocenters. The van der Waals surface area contributed by atoms with Gasteiger partial charge in [-0.15, -0.1) is 0 Å². The van der Waals surface area contributed by atoms with Crippen LogP contribution in [-0.2, 0) is 16.6 Å². The summed E-state index contributed by atoms with van der Waals surface area (Å²) in [6.07, 6.45) is 1.80. The van der Waals surface area contributed by atoms with Gasteiger partial charge in [0, 0.05) is 13.2 Å². The Labute approximate surface area is 76.7 Å². The van der Waals surface area contributed by atoms with E-state index >= 15 is 0 Å². The predicted octanol–water partition coefficient (Wildman–Crippen LogP) is 0.0629. The van der Waals surface area contributed by atoms with Gasteiger partial charge in [-0.05, 0) is 6.07 Å². The van der Waals surface area contributed by atoms with E-state index in [1.54, 1.807) is 29.9 Å². The van der Waals surface area contributed by atoms with E-state index in [0.29, 0.717) is 5.88 Å². The zero-order chi connectivity index (χ0) is 9.68. The van der Waals surface area contributed by atoms with Gasteiger partial charge < -0.3 is 9.47 Å². The van der Waals surface area contributed by atoms with Crippen molar-refractivity contribution in [2.24, 2.45) is 7.05 Å². The second-order valence-corrected chi connectivity index (χ2v) is 2.56. The first-order valence-electron chi connectivity index (χ1n) is 3.88. The van der Waals surface area contributed by atoms with Gasteiger partial charge in [-0.1, -0.05) is 0 Å². The number of carbonyl (C=O) groups is 1. The fourth-order valence-electron chi connectivity index (χ4n) is 0.878. The first-order chi connectivity index (χ1) is 6.24. The Morgan fingerprint density at radius 2 is 2.31 bits per heavy atom. The molecule has 0 aromatic carbocycles. The van der Waals surface area contributed by atoms with E-state index in [-0.39, 0.29) is 6.61 Å². The highest BCUT2D eigenvalue weighted by Crippen LogP contribution is 2.00. The molecule has 4 nitrogen and oxygen atoms in total. The van der Waals surface area contributed by atoms with E-state index in [0.717, 1.165) is 0 Å². The van der Waals surface area contributed by atoms with Gasteiger partial charge in [-0.3, -0.25) is 0 Å². The van der Waals surface area contributed by atoms with Gasteiger partial charge >= 0.3 is 11.8 Å². The lowest BCUT2D eigenvalue weighted by atomic mass is 10.5. The number of carbonyl (C=O) groups excluding carboxylic acids is 1. The van der Waals surface area contributed by atoms with Crippen LogP contribution in [0.4, 0.5) is 0 Å². The topological polar surface area (TPSA) is 39.4 Å². The minimum atomic E-state index is -0.399. The maximum absolute atomic E-state index is 11.0. The lowest BCUT2D eigenvalue weighted by Gasteiger charge is -1.99. The number of nitrogens with zero attached hydrogens (tertiary/aromatic N) is 1. The summed E-state index contributed by atoms with van der Waals surface area (Å²) < 4.78 is 11.3. The zero-order valence-electron chi connectivity index (χ0n) is 7.69. The summed E-state index contributed by atoms with van der Waals surface area (Å²) in [4.78, 5) is 11.0. The Bertz CT molecular complexity index is 299. The van der Waals surface area contributed by atoms with Gasteiger partial charge in [0.15, 0.2) is 6.20 Å². The van der Waals surface area contributed by atoms with Crippen molar-refractivity contribution in [2.45, 2.75) is 0 Å². The van der Waals surface area contributed by atoms with Crippen molar-refractivity contribution in [1.29, 1.82) is 0 Å².